The number of hydrogen-bond acceptors (Lipinski definition) is 3. The van der Waals surface area contributed by atoms with Gasteiger partial charge < -0.3 is 15.0 Å². The molecular formula is C9H17N3O. The number of aromatic nitrogens is 2. The summed E-state index contributed by atoms with van der Waals surface area (Å²) in [5.74, 6) is 0.986. The van der Waals surface area contributed by atoms with E-state index in [0.29, 0.717) is 0 Å². The van der Waals surface area contributed by atoms with Crippen molar-refractivity contribution in [3.8, 4) is 0 Å². The Balaban J connectivity index is 2.58. The zero-order chi connectivity index (χ0) is 9.84. The highest BCUT2D eigenvalue weighted by Crippen LogP contribution is 2.08. The van der Waals surface area contributed by atoms with Crippen LogP contribution in [0, 0.1) is 0 Å². The first kappa shape index (κ1) is 10.2. The van der Waals surface area contributed by atoms with Crippen LogP contribution in [-0.2, 0) is 7.05 Å². The molecule has 13 heavy (non-hydrogen) atoms. The highest BCUT2D eigenvalue weighted by atomic mass is 16.3. The third kappa shape index (κ3) is 2.54. The van der Waals surface area contributed by atoms with Crippen LogP contribution in [0.2, 0.25) is 0 Å². The molecule has 0 radical (unpaired) electrons. The summed E-state index contributed by atoms with van der Waals surface area (Å²) in [5, 5.41) is 12.1. The molecule has 2 N–H and O–H groups in total. The van der Waals surface area contributed by atoms with E-state index in [-0.39, 0.29) is 18.7 Å². The van der Waals surface area contributed by atoms with Crippen LogP contribution in [0.4, 0.5) is 0 Å². The average molecular weight is 183 g/mol. The van der Waals surface area contributed by atoms with Gasteiger partial charge in [-0.1, -0.05) is 0 Å². The lowest BCUT2D eigenvalue weighted by Gasteiger charge is -2.17. The minimum absolute atomic E-state index is 0.103. The minimum atomic E-state index is 0.103. The van der Waals surface area contributed by atoms with Crippen molar-refractivity contribution in [2.75, 3.05) is 6.61 Å². The maximum Gasteiger partial charge on any atom is 0.125 e. The molecule has 2 atom stereocenters. The number of nitrogens with one attached hydrogen (secondary N) is 1. The monoisotopic (exact) mass is 183 g/mol. The zero-order valence-electron chi connectivity index (χ0n) is 8.36. The molecule has 74 valence electrons. The molecule has 1 rings (SSSR count). The lowest BCUT2D eigenvalue weighted by molar-refractivity contribution is 0.241. The van der Waals surface area contributed by atoms with Gasteiger partial charge >= 0.3 is 0 Å². The molecule has 0 saturated carbocycles. The molecular weight excluding hydrogens is 166 g/mol. The van der Waals surface area contributed by atoms with Crippen LogP contribution in [0.1, 0.15) is 25.7 Å². The topological polar surface area (TPSA) is 50.1 Å². The maximum absolute atomic E-state index is 8.86. The minimum Gasteiger partial charge on any atom is -0.395 e. The van der Waals surface area contributed by atoms with E-state index in [1.54, 1.807) is 6.20 Å². The van der Waals surface area contributed by atoms with E-state index < -0.39 is 0 Å². The van der Waals surface area contributed by atoms with Crippen LogP contribution in [0.3, 0.4) is 0 Å². The Morgan fingerprint density at radius 1 is 1.62 bits per heavy atom. The van der Waals surface area contributed by atoms with E-state index >= 15 is 0 Å². The Kier molecular flexibility index (Phi) is 3.45. The molecule has 4 heteroatoms. The van der Waals surface area contributed by atoms with Crippen molar-refractivity contribution in [3.05, 3.63) is 18.2 Å². The van der Waals surface area contributed by atoms with Crippen molar-refractivity contribution < 1.29 is 5.11 Å². The summed E-state index contributed by atoms with van der Waals surface area (Å²) in [6, 6.07) is 0.272. The molecule has 2 unspecified atom stereocenters. The van der Waals surface area contributed by atoms with Crippen LogP contribution in [0.5, 0.6) is 0 Å². The number of imidazole rings is 1. The quantitative estimate of drug-likeness (QED) is 0.712. The first-order valence-electron chi connectivity index (χ1n) is 4.49. The average Bonchev–Trinajstić information content (AvgIpc) is 2.51. The first-order valence-corrected chi connectivity index (χ1v) is 4.49. The Hall–Kier alpha value is -0.870. The summed E-state index contributed by atoms with van der Waals surface area (Å²) >= 11 is 0. The number of aliphatic hydroxyl groups is 1. The Morgan fingerprint density at radius 3 is 2.77 bits per heavy atom. The molecule has 0 spiro atoms. The maximum atomic E-state index is 8.86. The van der Waals surface area contributed by atoms with E-state index in [9.17, 15) is 0 Å². The summed E-state index contributed by atoms with van der Waals surface area (Å²) in [6.45, 7) is 4.13. The van der Waals surface area contributed by atoms with Crippen molar-refractivity contribution in [2.24, 2.45) is 7.05 Å². The summed E-state index contributed by atoms with van der Waals surface area (Å²) in [4.78, 5) is 4.22. The van der Waals surface area contributed by atoms with Crippen molar-refractivity contribution in [2.45, 2.75) is 25.9 Å². The molecule has 0 saturated heterocycles. The second-order valence-electron chi connectivity index (χ2n) is 3.37. The van der Waals surface area contributed by atoms with Crippen molar-refractivity contribution in [1.82, 2.24) is 14.9 Å². The van der Waals surface area contributed by atoms with Crippen LogP contribution in [0.15, 0.2) is 12.4 Å². The Bertz CT molecular complexity index is 259. The smallest absolute Gasteiger partial charge is 0.125 e. The Morgan fingerprint density at radius 2 is 2.31 bits per heavy atom. The highest BCUT2D eigenvalue weighted by molar-refractivity contribution is 4.97. The van der Waals surface area contributed by atoms with Gasteiger partial charge in [-0.2, -0.15) is 0 Å². The third-order valence-electron chi connectivity index (χ3n) is 2.05. The van der Waals surface area contributed by atoms with Gasteiger partial charge in [0.2, 0.25) is 0 Å². The van der Waals surface area contributed by atoms with Gasteiger partial charge in [0.05, 0.1) is 12.6 Å². The number of aliphatic hydroxyl groups excluding tert-OH is 1. The third-order valence-corrected chi connectivity index (χ3v) is 2.05. The molecule has 0 aliphatic carbocycles. The number of hydrogen-bond donors (Lipinski definition) is 2. The van der Waals surface area contributed by atoms with E-state index in [4.69, 9.17) is 5.11 Å². The fourth-order valence-corrected chi connectivity index (χ4v) is 1.35. The van der Waals surface area contributed by atoms with E-state index in [0.717, 1.165) is 5.82 Å². The van der Waals surface area contributed by atoms with E-state index in [1.165, 1.54) is 0 Å². The van der Waals surface area contributed by atoms with Gasteiger partial charge in [0.25, 0.3) is 0 Å². The van der Waals surface area contributed by atoms with Crippen LogP contribution in [-0.4, -0.2) is 27.3 Å². The highest BCUT2D eigenvalue weighted by Gasteiger charge is 2.11. The number of nitrogens with zero attached hydrogens (tertiary/aromatic N) is 2. The summed E-state index contributed by atoms with van der Waals surface area (Å²) in [6.07, 6.45) is 3.69. The molecule has 0 aromatic carbocycles. The normalized spacial score (nSPS) is 15.7. The number of aryl methyl sites for hydroxylation is 1. The van der Waals surface area contributed by atoms with Crippen molar-refractivity contribution >= 4 is 0 Å². The van der Waals surface area contributed by atoms with Gasteiger partial charge in [0.15, 0.2) is 0 Å². The standard InChI is InChI=1S/C9H17N3O/c1-7(6-13)11-8(2)9-10-4-5-12(9)3/h4-5,7-8,11,13H,6H2,1-3H3. The van der Waals surface area contributed by atoms with Crippen LogP contribution >= 0.6 is 0 Å². The van der Waals surface area contributed by atoms with Crippen LogP contribution < -0.4 is 5.32 Å². The lowest BCUT2D eigenvalue weighted by Crippen LogP contribution is -2.32. The molecule has 4 nitrogen and oxygen atoms in total. The molecule has 1 aromatic heterocycles. The van der Waals surface area contributed by atoms with Crippen molar-refractivity contribution in [1.29, 1.82) is 0 Å². The van der Waals surface area contributed by atoms with Crippen molar-refractivity contribution in [3.63, 3.8) is 0 Å². The summed E-state index contributed by atoms with van der Waals surface area (Å²) < 4.78 is 1.97. The predicted molar refractivity (Wildman–Crippen MR) is 51.3 cm³/mol. The lowest BCUT2D eigenvalue weighted by atomic mass is 10.2. The van der Waals surface area contributed by atoms with Gasteiger partial charge in [0.1, 0.15) is 5.82 Å². The zero-order valence-corrected chi connectivity index (χ0v) is 8.36. The second kappa shape index (κ2) is 4.39. The number of rotatable bonds is 4. The second-order valence-corrected chi connectivity index (χ2v) is 3.37. The van der Waals surface area contributed by atoms with Gasteiger partial charge in [-0.3, -0.25) is 0 Å². The molecule has 0 amide bonds. The van der Waals surface area contributed by atoms with E-state index in [1.807, 2.05) is 31.7 Å². The fraction of sp³-hybridized carbons (Fsp3) is 0.667. The summed E-state index contributed by atoms with van der Waals surface area (Å²) in [5.41, 5.74) is 0. The predicted octanol–water partition coefficient (Wildman–Crippen LogP) is 0.451. The largest absolute Gasteiger partial charge is 0.395 e. The molecule has 1 aromatic rings. The van der Waals surface area contributed by atoms with Gasteiger partial charge in [0, 0.05) is 25.5 Å². The van der Waals surface area contributed by atoms with Crippen LogP contribution in [0.25, 0.3) is 0 Å². The molecule has 0 bridgehead atoms. The molecule has 0 fully saturated rings. The first-order chi connectivity index (χ1) is 6.15. The molecule has 0 aliphatic rings. The van der Waals surface area contributed by atoms with Gasteiger partial charge in [-0.15, -0.1) is 0 Å². The summed E-state index contributed by atoms with van der Waals surface area (Å²) in [7, 11) is 1.96. The molecule has 0 aliphatic heterocycles. The SMILES string of the molecule is CC(CO)NC(C)c1nccn1C. The fourth-order valence-electron chi connectivity index (χ4n) is 1.35. The Labute approximate surface area is 78.6 Å². The van der Waals surface area contributed by atoms with Gasteiger partial charge in [-0.05, 0) is 13.8 Å². The van der Waals surface area contributed by atoms with E-state index in [2.05, 4.69) is 10.3 Å². The molecule has 1 heterocycles. The van der Waals surface area contributed by atoms with Gasteiger partial charge in [-0.25, -0.2) is 4.98 Å².